The van der Waals surface area contributed by atoms with Gasteiger partial charge in [-0.3, -0.25) is 0 Å². The van der Waals surface area contributed by atoms with Gasteiger partial charge in [-0.05, 0) is 42.5 Å². The molecule has 0 atom stereocenters. The van der Waals surface area contributed by atoms with Gasteiger partial charge in [-0.2, -0.15) is 0 Å². The van der Waals surface area contributed by atoms with Crippen molar-refractivity contribution in [1.29, 1.82) is 0 Å². The normalized spacial score (nSPS) is 11.6. The van der Waals surface area contributed by atoms with Crippen LogP contribution in [-0.2, 0) is 11.8 Å². The Hall–Kier alpha value is -1.02. The average molecular weight is 221 g/mol. The summed E-state index contributed by atoms with van der Waals surface area (Å²) in [5.41, 5.74) is 8.36. The van der Waals surface area contributed by atoms with E-state index in [9.17, 15) is 0 Å². The molecular weight excluding hydrogens is 198 g/mol. The van der Waals surface area contributed by atoms with E-state index in [0.717, 1.165) is 12.2 Å². The van der Waals surface area contributed by atoms with Gasteiger partial charge in [0, 0.05) is 0 Å². The van der Waals surface area contributed by atoms with E-state index in [1.54, 1.807) is 0 Å². The number of hydrogen-bond donors (Lipinski definition) is 1. The van der Waals surface area contributed by atoms with Crippen molar-refractivity contribution in [2.24, 2.45) is 5.73 Å². The third-order valence-electron chi connectivity index (χ3n) is 2.64. The van der Waals surface area contributed by atoms with Gasteiger partial charge in [0.2, 0.25) is 0 Å². The molecule has 0 radical (unpaired) electrons. The maximum Gasteiger partial charge on any atom is 0.122 e. The molecule has 0 spiro atoms. The van der Waals surface area contributed by atoms with E-state index in [1.165, 1.54) is 11.1 Å². The summed E-state index contributed by atoms with van der Waals surface area (Å²) in [4.78, 5) is 0. The molecule has 1 aromatic rings. The Bertz CT molecular complexity index is 339. The Kier molecular flexibility index (Phi) is 4.36. The maximum atomic E-state index is 5.63. The minimum absolute atomic E-state index is 0.175. The maximum absolute atomic E-state index is 5.63. The molecule has 0 amide bonds. The quantitative estimate of drug-likeness (QED) is 0.848. The minimum Gasteiger partial charge on any atom is -0.494 e. The second-order valence-corrected chi connectivity index (χ2v) is 5.04. The molecule has 0 bridgehead atoms. The van der Waals surface area contributed by atoms with E-state index in [-0.39, 0.29) is 5.41 Å². The van der Waals surface area contributed by atoms with Crippen LogP contribution in [0.5, 0.6) is 5.75 Å². The monoisotopic (exact) mass is 221 g/mol. The van der Waals surface area contributed by atoms with Crippen molar-refractivity contribution in [3.8, 4) is 5.75 Å². The van der Waals surface area contributed by atoms with Gasteiger partial charge < -0.3 is 10.5 Å². The highest BCUT2D eigenvalue weighted by molar-refractivity contribution is 5.40. The molecule has 2 nitrogen and oxygen atoms in total. The van der Waals surface area contributed by atoms with Crippen LogP contribution in [0.4, 0.5) is 0 Å². The number of ether oxygens (including phenoxy) is 1. The zero-order valence-corrected chi connectivity index (χ0v) is 10.8. The summed E-state index contributed by atoms with van der Waals surface area (Å²) >= 11 is 0. The highest BCUT2D eigenvalue weighted by Crippen LogP contribution is 2.28. The third-order valence-corrected chi connectivity index (χ3v) is 2.64. The van der Waals surface area contributed by atoms with E-state index in [1.807, 2.05) is 6.92 Å². The highest BCUT2D eigenvalue weighted by Gasteiger charge is 2.15. The van der Waals surface area contributed by atoms with Crippen LogP contribution in [0.15, 0.2) is 18.2 Å². The lowest BCUT2D eigenvalue weighted by Gasteiger charge is -2.21. The van der Waals surface area contributed by atoms with E-state index in [0.29, 0.717) is 13.2 Å². The van der Waals surface area contributed by atoms with Crippen molar-refractivity contribution in [3.63, 3.8) is 0 Å². The van der Waals surface area contributed by atoms with E-state index in [2.05, 4.69) is 39.0 Å². The Morgan fingerprint density at radius 3 is 2.44 bits per heavy atom. The number of rotatable bonds is 4. The summed E-state index contributed by atoms with van der Waals surface area (Å²) in [7, 11) is 0. The van der Waals surface area contributed by atoms with E-state index < -0.39 is 0 Å². The topological polar surface area (TPSA) is 35.2 Å². The molecular formula is C14H23NO. The Morgan fingerprint density at radius 2 is 1.94 bits per heavy atom. The fraction of sp³-hybridized carbons (Fsp3) is 0.571. The first kappa shape index (κ1) is 13.0. The third kappa shape index (κ3) is 3.24. The van der Waals surface area contributed by atoms with Crippen LogP contribution in [0.1, 0.15) is 38.8 Å². The summed E-state index contributed by atoms with van der Waals surface area (Å²) < 4.78 is 5.60. The Morgan fingerprint density at radius 1 is 1.25 bits per heavy atom. The molecule has 0 saturated heterocycles. The summed E-state index contributed by atoms with van der Waals surface area (Å²) in [6, 6.07) is 6.43. The first-order valence-electron chi connectivity index (χ1n) is 5.95. The van der Waals surface area contributed by atoms with Crippen molar-refractivity contribution in [3.05, 3.63) is 29.3 Å². The van der Waals surface area contributed by atoms with Crippen LogP contribution in [0.25, 0.3) is 0 Å². The van der Waals surface area contributed by atoms with Crippen LogP contribution in [0.3, 0.4) is 0 Å². The lowest BCUT2D eigenvalue weighted by molar-refractivity contribution is 0.336. The molecule has 0 aromatic heterocycles. The summed E-state index contributed by atoms with van der Waals surface area (Å²) in [5, 5.41) is 0. The van der Waals surface area contributed by atoms with Gasteiger partial charge in [0.15, 0.2) is 0 Å². The predicted octanol–water partition coefficient (Wildman–Crippen LogP) is 2.88. The summed E-state index contributed by atoms with van der Waals surface area (Å²) in [5.74, 6) is 0.973. The van der Waals surface area contributed by atoms with Crippen LogP contribution in [0, 0.1) is 0 Å². The number of nitrogens with two attached hydrogens (primary N) is 1. The van der Waals surface area contributed by atoms with Gasteiger partial charge in [-0.25, -0.2) is 0 Å². The zero-order chi connectivity index (χ0) is 12.2. The smallest absolute Gasteiger partial charge is 0.122 e. The predicted molar refractivity (Wildman–Crippen MR) is 69.1 cm³/mol. The largest absolute Gasteiger partial charge is 0.494 e. The average Bonchev–Trinajstić information content (AvgIpc) is 2.19. The fourth-order valence-corrected chi connectivity index (χ4v) is 1.69. The molecule has 0 aliphatic heterocycles. The standard InChI is InChI=1S/C14H23NO/c1-5-16-13-7-6-12(14(2,3)4)10-11(13)8-9-15/h6-7,10H,5,8-9,15H2,1-4H3. The zero-order valence-electron chi connectivity index (χ0n) is 10.8. The molecule has 0 heterocycles. The number of benzene rings is 1. The Labute approximate surface area is 98.8 Å². The van der Waals surface area contributed by atoms with Crippen LogP contribution in [-0.4, -0.2) is 13.2 Å². The van der Waals surface area contributed by atoms with Crippen molar-refractivity contribution in [1.82, 2.24) is 0 Å². The van der Waals surface area contributed by atoms with Crippen LogP contribution in [0.2, 0.25) is 0 Å². The second-order valence-electron chi connectivity index (χ2n) is 5.04. The minimum atomic E-state index is 0.175. The Balaban J connectivity index is 3.06. The first-order chi connectivity index (χ1) is 7.49. The molecule has 90 valence electrons. The summed E-state index contributed by atoms with van der Waals surface area (Å²) in [6.07, 6.45) is 0.874. The molecule has 0 aliphatic rings. The van der Waals surface area contributed by atoms with Gasteiger partial charge >= 0.3 is 0 Å². The molecule has 0 fully saturated rings. The van der Waals surface area contributed by atoms with Crippen molar-refractivity contribution >= 4 is 0 Å². The van der Waals surface area contributed by atoms with Gasteiger partial charge in [0.1, 0.15) is 5.75 Å². The molecule has 0 unspecified atom stereocenters. The highest BCUT2D eigenvalue weighted by atomic mass is 16.5. The van der Waals surface area contributed by atoms with Crippen LogP contribution < -0.4 is 10.5 Å². The first-order valence-corrected chi connectivity index (χ1v) is 5.95. The molecule has 0 saturated carbocycles. The fourth-order valence-electron chi connectivity index (χ4n) is 1.69. The molecule has 0 aliphatic carbocycles. The van der Waals surface area contributed by atoms with Gasteiger partial charge in [0.25, 0.3) is 0 Å². The molecule has 1 rings (SSSR count). The van der Waals surface area contributed by atoms with E-state index >= 15 is 0 Å². The summed E-state index contributed by atoms with van der Waals surface area (Å²) in [6.45, 7) is 10.0. The molecule has 2 N–H and O–H groups in total. The van der Waals surface area contributed by atoms with Crippen LogP contribution >= 0.6 is 0 Å². The molecule has 1 aromatic carbocycles. The molecule has 2 heteroatoms. The van der Waals surface area contributed by atoms with Gasteiger partial charge in [0.05, 0.1) is 6.61 Å². The SMILES string of the molecule is CCOc1ccc(C(C)(C)C)cc1CCN. The lowest BCUT2D eigenvalue weighted by Crippen LogP contribution is -2.13. The van der Waals surface area contributed by atoms with Crippen molar-refractivity contribution in [2.45, 2.75) is 39.5 Å². The van der Waals surface area contributed by atoms with Crippen molar-refractivity contribution < 1.29 is 4.74 Å². The van der Waals surface area contributed by atoms with Crippen molar-refractivity contribution in [2.75, 3.05) is 13.2 Å². The van der Waals surface area contributed by atoms with E-state index in [4.69, 9.17) is 10.5 Å². The molecule has 16 heavy (non-hydrogen) atoms. The lowest BCUT2D eigenvalue weighted by atomic mass is 9.85. The van der Waals surface area contributed by atoms with Gasteiger partial charge in [-0.15, -0.1) is 0 Å². The second kappa shape index (κ2) is 5.35. The number of hydrogen-bond acceptors (Lipinski definition) is 2. The van der Waals surface area contributed by atoms with Gasteiger partial charge in [-0.1, -0.05) is 32.9 Å².